The van der Waals surface area contributed by atoms with E-state index in [-0.39, 0.29) is 10.8 Å². The fourth-order valence-electron chi connectivity index (χ4n) is 11.8. The van der Waals surface area contributed by atoms with Crippen LogP contribution in [0.5, 0.6) is 0 Å². The van der Waals surface area contributed by atoms with Crippen molar-refractivity contribution in [2.75, 3.05) is 4.90 Å². The molecule has 0 aromatic heterocycles. The number of benzene rings is 9. The highest BCUT2D eigenvalue weighted by atomic mass is 32.3. The van der Waals surface area contributed by atoms with E-state index >= 15 is 0 Å². The molecule has 0 atom stereocenters. The van der Waals surface area contributed by atoms with E-state index in [4.69, 9.17) is 0 Å². The number of rotatable bonds is 9. The summed E-state index contributed by atoms with van der Waals surface area (Å²) in [6.07, 6.45) is 4.00. The summed E-state index contributed by atoms with van der Waals surface area (Å²) in [4.78, 5) is 7.96. The Balaban J connectivity index is 0.935. The Hall–Kier alpha value is -7.65. The molecule has 0 saturated carbocycles. The summed E-state index contributed by atoms with van der Waals surface area (Å²) in [5.41, 5.74) is 20.8. The monoisotopic (exact) mass is 891 g/mol. The molecule has 0 unspecified atom stereocenters. The zero-order valence-corrected chi connectivity index (χ0v) is 39.9. The highest BCUT2D eigenvalue weighted by Gasteiger charge is 2.43. The molecule has 0 N–H and O–H groups in total. The van der Waals surface area contributed by atoms with Crippen LogP contribution in [0.15, 0.2) is 263 Å². The molecule has 1 nitrogen and oxygen atoms in total. The molecule has 2 aliphatic carbocycles. The summed E-state index contributed by atoms with van der Waals surface area (Å²) in [6, 6.07) is 79.6. The molecule has 2 heteroatoms. The van der Waals surface area contributed by atoms with E-state index in [1.807, 2.05) is 12.2 Å². The van der Waals surface area contributed by atoms with Crippen LogP contribution in [0.2, 0.25) is 0 Å². The third-order valence-corrected chi connectivity index (χ3v) is 19.1. The second-order valence-electron chi connectivity index (χ2n) is 19.4. The highest BCUT2D eigenvalue weighted by molar-refractivity contribution is 8.34. The average molecular weight is 892 g/mol. The predicted octanol–water partition coefficient (Wildman–Crippen LogP) is 18.5. The van der Waals surface area contributed by atoms with Gasteiger partial charge in [-0.3, -0.25) is 0 Å². The van der Waals surface area contributed by atoms with Crippen molar-refractivity contribution < 1.29 is 0 Å². The van der Waals surface area contributed by atoms with Gasteiger partial charge in [0.2, 0.25) is 0 Å². The molecule has 1 aliphatic heterocycles. The van der Waals surface area contributed by atoms with E-state index in [0.717, 1.165) is 17.1 Å². The van der Waals surface area contributed by atoms with Gasteiger partial charge in [0.05, 0.1) is 0 Å². The number of fused-ring (bicyclic) bond motifs is 7. The van der Waals surface area contributed by atoms with Crippen LogP contribution in [0.25, 0.3) is 50.1 Å². The lowest BCUT2D eigenvalue weighted by Crippen LogP contribution is -2.18. The summed E-state index contributed by atoms with van der Waals surface area (Å²) in [7, 11) is -1.72. The molecule has 0 radical (unpaired) electrons. The van der Waals surface area contributed by atoms with Crippen molar-refractivity contribution in [3.05, 3.63) is 265 Å². The molecule has 0 fully saturated rings. The molecule has 68 heavy (non-hydrogen) atoms. The summed E-state index contributed by atoms with van der Waals surface area (Å²) in [6.45, 7) is 17.7. The van der Waals surface area contributed by atoms with Crippen LogP contribution in [-0.2, 0) is 10.8 Å². The van der Waals surface area contributed by atoms with Gasteiger partial charge in [-0.05, 0) is 145 Å². The maximum Gasteiger partial charge on any atom is 0.0465 e. The van der Waals surface area contributed by atoms with E-state index in [2.05, 4.69) is 258 Å². The number of allylic oxidation sites excluding steroid dienone is 4. The van der Waals surface area contributed by atoms with Crippen molar-refractivity contribution in [1.29, 1.82) is 0 Å². The minimum absolute atomic E-state index is 0.123. The van der Waals surface area contributed by atoms with Crippen LogP contribution >= 0.6 is 10.0 Å². The van der Waals surface area contributed by atoms with Crippen molar-refractivity contribution in [3.8, 4) is 44.5 Å². The Morgan fingerprint density at radius 3 is 1.50 bits per heavy atom. The van der Waals surface area contributed by atoms with Crippen molar-refractivity contribution >= 4 is 32.7 Å². The molecule has 1 heterocycles. The van der Waals surface area contributed by atoms with E-state index < -0.39 is 10.0 Å². The molecule has 0 saturated heterocycles. The minimum Gasteiger partial charge on any atom is -0.310 e. The normalized spacial score (nSPS) is 15.6. The van der Waals surface area contributed by atoms with Crippen molar-refractivity contribution in [1.82, 2.24) is 0 Å². The summed E-state index contributed by atoms with van der Waals surface area (Å²) in [5.74, 6) is 0. The maximum atomic E-state index is 4.22. The van der Waals surface area contributed by atoms with Crippen LogP contribution in [0.3, 0.4) is 0 Å². The topological polar surface area (TPSA) is 3.24 Å². The third kappa shape index (κ3) is 6.03. The van der Waals surface area contributed by atoms with Gasteiger partial charge in [0, 0.05) is 53.0 Å². The molecule has 9 aromatic carbocycles. The van der Waals surface area contributed by atoms with Crippen molar-refractivity contribution in [2.24, 2.45) is 0 Å². The largest absolute Gasteiger partial charge is 0.310 e. The van der Waals surface area contributed by atoms with Crippen LogP contribution < -0.4 is 4.90 Å². The molecule has 328 valence electrons. The molecule has 0 amide bonds. The molecule has 0 spiro atoms. The van der Waals surface area contributed by atoms with Gasteiger partial charge < -0.3 is 4.90 Å². The van der Waals surface area contributed by atoms with Gasteiger partial charge in [0.25, 0.3) is 0 Å². The Bertz CT molecular complexity index is 3480. The zero-order chi connectivity index (χ0) is 46.4. The Morgan fingerprint density at radius 2 is 0.868 bits per heavy atom. The van der Waals surface area contributed by atoms with Crippen LogP contribution in [-0.4, -0.2) is 0 Å². The molecule has 0 bridgehead atoms. The van der Waals surface area contributed by atoms with E-state index in [1.165, 1.54) is 97.5 Å². The van der Waals surface area contributed by atoms with Crippen LogP contribution in [0.4, 0.5) is 17.1 Å². The third-order valence-electron chi connectivity index (χ3n) is 15.1. The molecule has 9 aromatic rings. The van der Waals surface area contributed by atoms with Gasteiger partial charge >= 0.3 is 0 Å². The number of hydrogen-bond acceptors (Lipinski definition) is 1. The Morgan fingerprint density at radius 1 is 0.382 bits per heavy atom. The van der Waals surface area contributed by atoms with E-state index in [0.29, 0.717) is 0 Å². The Kier molecular flexibility index (Phi) is 9.66. The molecule has 12 rings (SSSR count). The first-order valence-electron chi connectivity index (χ1n) is 23.7. The standard InChI is InChI=1S/C66H53NS/c1-7-52-55-40-38-48(42-60(55)65(3,4)58(52)8-2)67(49-39-41-56-54-24-15-17-27-59(54)66(5,6)61(56)43-49)47-36-34-45(35-37-47)44-30-32-46(33-31-44)53-26-19-29-63-64(53)57-25-16-18-28-62(57)68(63,50-20-11-9-12-21-50)51-22-13-10-14-23-51/h7-43H,1-2H2,3-6H3. The Labute approximate surface area is 403 Å². The van der Waals surface area contributed by atoms with Gasteiger partial charge in [-0.2, -0.15) is 0 Å². The van der Waals surface area contributed by atoms with Crippen molar-refractivity contribution in [3.63, 3.8) is 0 Å². The number of hydrogen-bond donors (Lipinski definition) is 0. The van der Waals surface area contributed by atoms with E-state index in [1.54, 1.807) is 0 Å². The number of anilines is 3. The molecular formula is C66H53NS. The van der Waals surface area contributed by atoms with Crippen molar-refractivity contribution in [2.45, 2.75) is 58.1 Å². The number of nitrogens with zero attached hydrogens (tertiary/aromatic N) is 1. The fraction of sp³-hybridized carbons (Fsp3) is 0.0909. The zero-order valence-electron chi connectivity index (χ0n) is 39.1. The first kappa shape index (κ1) is 41.8. The first-order chi connectivity index (χ1) is 33.2. The second-order valence-corrected chi connectivity index (χ2v) is 22.4. The summed E-state index contributed by atoms with van der Waals surface area (Å²) >= 11 is 0. The van der Waals surface area contributed by atoms with E-state index in [9.17, 15) is 0 Å². The smallest absolute Gasteiger partial charge is 0.0465 e. The van der Waals surface area contributed by atoms with Gasteiger partial charge in [-0.1, -0.05) is 193 Å². The highest BCUT2D eigenvalue weighted by Crippen LogP contribution is 2.80. The van der Waals surface area contributed by atoms with Gasteiger partial charge in [0.1, 0.15) is 0 Å². The lowest BCUT2D eigenvalue weighted by Gasteiger charge is -2.39. The van der Waals surface area contributed by atoms with Gasteiger partial charge in [-0.25, -0.2) is 0 Å². The fourth-order valence-corrected chi connectivity index (χ4v) is 16.1. The predicted molar refractivity (Wildman–Crippen MR) is 289 cm³/mol. The quantitative estimate of drug-likeness (QED) is 0.140. The maximum absolute atomic E-state index is 4.22. The molecule has 3 aliphatic rings. The first-order valence-corrected chi connectivity index (χ1v) is 25.4. The van der Waals surface area contributed by atoms with Crippen LogP contribution in [0, 0.1) is 0 Å². The SMILES string of the molecule is C=CC1=C(C=C)C(C)(C)c2cc(N(c3ccc(-c4ccc(-c5cccc6c5-c5ccccc5S6(c5ccccc5)c5ccccc5)cc4)cc3)c3ccc4c(c3)C(C)(C)c3ccccc3-4)ccc21. The molecular weight excluding hydrogens is 839 g/mol. The lowest BCUT2D eigenvalue weighted by atomic mass is 9.81. The van der Waals surface area contributed by atoms with Gasteiger partial charge in [-0.15, -0.1) is 10.0 Å². The second kappa shape index (κ2) is 15.7. The summed E-state index contributed by atoms with van der Waals surface area (Å²) in [5, 5.41) is 0. The average Bonchev–Trinajstić information content (AvgIpc) is 3.91. The minimum atomic E-state index is -1.72. The van der Waals surface area contributed by atoms with Gasteiger partial charge in [0.15, 0.2) is 0 Å². The summed E-state index contributed by atoms with van der Waals surface area (Å²) < 4.78 is 0. The van der Waals surface area contributed by atoms with Crippen LogP contribution in [0.1, 0.15) is 49.9 Å². The lowest BCUT2D eigenvalue weighted by molar-refractivity contribution is 0.654.